The first-order chi connectivity index (χ1) is 8.31. The van der Waals surface area contributed by atoms with E-state index in [0.717, 1.165) is 16.8 Å². The summed E-state index contributed by atoms with van der Waals surface area (Å²) in [6, 6.07) is 17.8. The standard InChI is InChI=1S/C15H17NO/c1-16-14-10-6-5-9-13(14)11-15(17)12-7-3-2-4-8-12/h2-10,15-17H,11H2,1H3/t15-/m0/s1. The van der Waals surface area contributed by atoms with Crippen LogP contribution in [0.5, 0.6) is 0 Å². The third-order valence-corrected chi connectivity index (χ3v) is 2.88. The Morgan fingerprint density at radius 1 is 1.00 bits per heavy atom. The van der Waals surface area contributed by atoms with Crippen LogP contribution >= 0.6 is 0 Å². The number of benzene rings is 2. The van der Waals surface area contributed by atoms with Gasteiger partial charge in [-0.2, -0.15) is 0 Å². The van der Waals surface area contributed by atoms with Gasteiger partial charge in [-0.05, 0) is 17.2 Å². The van der Waals surface area contributed by atoms with Crippen LogP contribution < -0.4 is 5.32 Å². The van der Waals surface area contributed by atoms with Crippen molar-refractivity contribution in [2.45, 2.75) is 12.5 Å². The molecule has 2 aromatic carbocycles. The van der Waals surface area contributed by atoms with Gasteiger partial charge in [0.2, 0.25) is 0 Å². The Bertz CT molecular complexity index is 467. The Kier molecular flexibility index (Phi) is 3.78. The topological polar surface area (TPSA) is 32.3 Å². The lowest BCUT2D eigenvalue weighted by Crippen LogP contribution is -2.04. The number of hydrogen-bond acceptors (Lipinski definition) is 2. The maximum atomic E-state index is 10.2. The van der Waals surface area contributed by atoms with Crippen molar-refractivity contribution in [1.82, 2.24) is 0 Å². The van der Waals surface area contributed by atoms with Crippen molar-refractivity contribution in [3.8, 4) is 0 Å². The SMILES string of the molecule is CNc1ccccc1C[C@H](O)c1ccccc1. The van der Waals surface area contributed by atoms with Gasteiger partial charge in [-0.3, -0.25) is 0 Å². The molecule has 0 aliphatic heterocycles. The number of para-hydroxylation sites is 1. The van der Waals surface area contributed by atoms with Crippen molar-refractivity contribution in [3.05, 3.63) is 65.7 Å². The highest BCUT2D eigenvalue weighted by atomic mass is 16.3. The van der Waals surface area contributed by atoms with Crippen LogP contribution in [-0.4, -0.2) is 12.2 Å². The van der Waals surface area contributed by atoms with Crippen molar-refractivity contribution < 1.29 is 5.11 Å². The number of aliphatic hydroxyl groups excluding tert-OH is 1. The van der Waals surface area contributed by atoms with Crippen LogP contribution in [-0.2, 0) is 6.42 Å². The van der Waals surface area contributed by atoms with E-state index in [2.05, 4.69) is 5.32 Å². The Hall–Kier alpha value is -1.80. The molecule has 0 heterocycles. The minimum absolute atomic E-state index is 0.453. The smallest absolute Gasteiger partial charge is 0.0831 e. The molecule has 0 aromatic heterocycles. The zero-order chi connectivity index (χ0) is 12.1. The van der Waals surface area contributed by atoms with Crippen LogP contribution in [0.15, 0.2) is 54.6 Å². The van der Waals surface area contributed by atoms with Gasteiger partial charge in [0.25, 0.3) is 0 Å². The van der Waals surface area contributed by atoms with E-state index in [1.165, 1.54) is 0 Å². The summed E-state index contributed by atoms with van der Waals surface area (Å²) in [5, 5.41) is 13.3. The first kappa shape index (κ1) is 11.7. The van der Waals surface area contributed by atoms with Crippen LogP contribution in [0.4, 0.5) is 5.69 Å². The highest BCUT2D eigenvalue weighted by Gasteiger charge is 2.09. The zero-order valence-electron chi connectivity index (χ0n) is 9.93. The van der Waals surface area contributed by atoms with Crippen LogP contribution in [0.2, 0.25) is 0 Å². The molecule has 0 aliphatic rings. The Morgan fingerprint density at radius 2 is 1.65 bits per heavy atom. The number of rotatable bonds is 4. The number of hydrogen-bond donors (Lipinski definition) is 2. The molecule has 2 heteroatoms. The normalized spacial score (nSPS) is 12.1. The quantitative estimate of drug-likeness (QED) is 0.841. The second kappa shape index (κ2) is 5.51. The molecule has 2 aromatic rings. The van der Waals surface area contributed by atoms with E-state index in [4.69, 9.17) is 0 Å². The van der Waals surface area contributed by atoms with Gasteiger partial charge in [0.05, 0.1) is 6.10 Å². The van der Waals surface area contributed by atoms with Crippen molar-refractivity contribution in [1.29, 1.82) is 0 Å². The van der Waals surface area contributed by atoms with Crippen molar-refractivity contribution in [3.63, 3.8) is 0 Å². The zero-order valence-corrected chi connectivity index (χ0v) is 9.93. The average molecular weight is 227 g/mol. The highest BCUT2D eigenvalue weighted by molar-refractivity contribution is 5.51. The molecule has 0 amide bonds. The number of aliphatic hydroxyl groups is 1. The molecule has 0 saturated carbocycles. The molecule has 2 N–H and O–H groups in total. The van der Waals surface area contributed by atoms with Gasteiger partial charge in [-0.25, -0.2) is 0 Å². The molecule has 0 aliphatic carbocycles. The molecular weight excluding hydrogens is 210 g/mol. The highest BCUT2D eigenvalue weighted by Crippen LogP contribution is 2.22. The molecular formula is C15H17NO. The lowest BCUT2D eigenvalue weighted by Gasteiger charge is -2.14. The van der Waals surface area contributed by atoms with Crippen molar-refractivity contribution >= 4 is 5.69 Å². The van der Waals surface area contributed by atoms with E-state index in [1.54, 1.807) is 0 Å². The molecule has 0 saturated heterocycles. The summed E-state index contributed by atoms with van der Waals surface area (Å²) < 4.78 is 0. The summed E-state index contributed by atoms with van der Waals surface area (Å²) in [6.07, 6.45) is 0.173. The lowest BCUT2D eigenvalue weighted by atomic mass is 10.0. The molecule has 2 nitrogen and oxygen atoms in total. The van der Waals surface area contributed by atoms with Crippen LogP contribution in [0.25, 0.3) is 0 Å². The van der Waals surface area contributed by atoms with E-state index >= 15 is 0 Å². The number of anilines is 1. The first-order valence-corrected chi connectivity index (χ1v) is 5.80. The third kappa shape index (κ3) is 2.86. The monoisotopic (exact) mass is 227 g/mol. The van der Waals surface area contributed by atoms with Crippen molar-refractivity contribution in [2.24, 2.45) is 0 Å². The molecule has 17 heavy (non-hydrogen) atoms. The summed E-state index contributed by atoms with van der Waals surface area (Å²) in [5.74, 6) is 0. The van der Waals surface area contributed by atoms with E-state index in [0.29, 0.717) is 6.42 Å². The van der Waals surface area contributed by atoms with Gasteiger partial charge >= 0.3 is 0 Å². The summed E-state index contributed by atoms with van der Waals surface area (Å²) in [4.78, 5) is 0. The van der Waals surface area contributed by atoms with Gasteiger partial charge in [0.1, 0.15) is 0 Å². The maximum Gasteiger partial charge on any atom is 0.0831 e. The largest absolute Gasteiger partial charge is 0.388 e. The third-order valence-electron chi connectivity index (χ3n) is 2.88. The molecule has 0 bridgehead atoms. The Balaban J connectivity index is 2.16. The summed E-state index contributed by atoms with van der Waals surface area (Å²) >= 11 is 0. The van der Waals surface area contributed by atoms with Gasteiger partial charge in [0.15, 0.2) is 0 Å². The van der Waals surface area contributed by atoms with Gasteiger partial charge < -0.3 is 10.4 Å². The van der Waals surface area contributed by atoms with Crippen LogP contribution in [0.1, 0.15) is 17.2 Å². The maximum absolute atomic E-state index is 10.2. The fraction of sp³-hybridized carbons (Fsp3) is 0.200. The lowest BCUT2D eigenvalue weighted by molar-refractivity contribution is 0.178. The minimum Gasteiger partial charge on any atom is -0.388 e. The van der Waals surface area contributed by atoms with E-state index in [1.807, 2.05) is 61.6 Å². The van der Waals surface area contributed by atoms with Gasteiger partial charge in [-0.15, -0.1) is 0 Å². The van der Waals surface area contributed by atoms with E-state index in [9.17, 15) is 5.11 Å². The molecule has 1 atom stereocenters. The predicted octanol–water partition coefficient (Wildman–Crippen LogP) is 3.00. The first-order valence-electron chi connectivity index (χ1n) is 5.80. The van der Waals surface area contributed by atoms with Crippen LogP contribution in [0, 0.1) is 0 Å². The molecule has 0 fully saturated rings. The second-order valence-corrected chi connectivity index (χ2v) is 4.04. The Morgan fingerprint density at radius 3 is 2.35 bits per heavy atom. The van der Waals surface area contributed by atoms with E-state index < -0.39 is 6.10 Å². The average Bonchev–Trinajstić information content (AvgIpc) is 2.40. The molecule has 0 radical (unpaired) electrons. The second-order valence-electron chi connectivity index (χ2n) is 4.04. The molecule has 2 rings (SSSR count). The molecule has 0 unspecified atom stereocenters. The fourth-order valence-corrected chi connectivity index (χ4v) is 1.94. The predicted molar refractivity (Wildman–Crippen MR) is 71.1 cm³/mol. The fourth-order valence-electron chi connectivity index (χ4n) is 1.94. The van der Waals surface area contributed by atoms with Crippen LogP contribution in [0.3, 0.4) is 0 Å². The summed E-state index contributed by atoms with van der Waals surface area (Å²) in [7, 11) is 1.90. The van der Waals surface area contributed by atoms with E-state index in [-0.39, 0.29) is 0 Å². The minimum atomic E-state index is -0.453. The number of nitrogens with one attached hydrogen (secondary N) is 1. The molecule has 0 spiro atoms. The van der Waals surface area contributed by atoms with Gasteiger partial charge in [-0.1, -0.05) is 48.5 Å². The summed E-state index contributed by atoms with van der Waals surface area (Å²) in [5.41, 5.74) is 3.16. The molecule has 88 valence electrons. The van der Waals surface area contributed by atoms with Crippen molar-refractivity contribution in [2.75, 3.05) is 12.4 Å². The Labute approximate surface area is 102 Å². The summed E-state index contributed by atoms with van der Waals surface area (Å²) in [6.45, 7) is 0. The van der Waals surface area contributed by atoms with Gasteiger partial charge in [0, 0.05) is 19.2 Å².